The fraction of sp³-hybridized carbons (Fsp3) is 0.917. The van der Waals surface area contributed by atoms with E-state index in [9.17, 15) is 21.6 Å². The lowest BCUT2D eigenvalue weighted by Crippen LogP contribution is -2.51. The van der Waals surface area contributed by atoms with Crippen molar-refractivity contribution in [3.8, 4) is 0 Å². The van der Waals surface area contributed by atoms with Crippen LogP contribution in [-0.4, -0.2) is 73.9 Å². The highest BCUT2D eigenvalue weighted by molar-refractivity contribution is 7.92. The summed E-state index contributed by atoms with van der Waals surface area (Å²) in [6.45, 7) is 5.17. The van der Waals surface area contributed by atoms with Crippen LogP contribution in [0.4, 0.5) is 0 Å². The Morgan fingerprint density at radius 1 is 1.33 bits per heavy atom. The first kappa shape index (κ1) is 18.4. The summed E-state index contributed by atoms with van der Waals surface area (Å²) < 4.78 is 46.5. The van der Waals surface area contributed by atoms with Crippen molar-refractivity contribution in [3.63, 3.8) is 0 Å². The number of carboxylic acid groups (broad SMARTS) is 1. The zero-order valence-corrected chi connectivity index (χ0v) is 14.2. The highest BCUT2D eigenvalue weighted by Gasteiger charge is 2.35. The predicted octanol–water partition coefficient (Wildman–Crippen LogP) is -0.227. The van der Waals surface area contributed by atoms with Crippen molar-refractivity contribution in [2.75, 3.05) is 30.3 Å². The lowest BCUT2D eigenvalue weighted by Gasteiger charge is -2.35. The summed E-state index contributed by atoms with van der Waals surface area (Å²) in [4.78, 5) is 12.5. The average Bonchev–Trinajstić information content (AvgIpc) is 2.24. The molecule has 0 aliphatic carbocycles. The molecular weight excluding hydrogens is 318 g/mol. The summed E-state index contributed by atoms with van der Waals surface area (Å²) in [6, 6.07) is -0.656. The molecule has 1 rings (SSSR count). The molecule has 21 heavy (non-hydrogen) atoms. The second-order valence-corrected chi connectivity index (χ2v) is 11.4. The Morgan fingerprint density at radius 2 is 1.90 bits per heavy atom. The summed E-state index contributed by atoms with van der Waals surface area (Å²) in [7, 11) is -6.56. The van der Waals surface area contributed by atoms with Gasteiger partial charge >= 0.3 is 5.97 Å². The Morgan fingerprint density at radius 3 is 2.38 bits per heavy atom. The molecule has 0 radical (unpaired) electrons. The molecule has 1 atom stereocenters. The normalized spacial score (nSPS) is 23.9. The van der Waals surface area contributed by atoms with Crippen LogP contribution in [0, 0.1) is 0 Å². The van der Waals surface area contributed by atoms with E-state index in [4.69, 9.17) is 5.11 Å². The minimum atomic E-state index is -3.32. The first-order chi connectivity index (χ1) is 9.34. The van der Waals surface area contributed by atoms with Gasteiger partial charge in [0.15, 0.2) is 19.7 Å². The molecule has 0 aromatic carbocycles. The van der Waals surface area contributed by atoms with Crippen molar-refractivity contribution in [1.29, 1.82) is 0 Å². The van der Waals surface area contributed by atoms with Gasteiger partial charge in [-0.2, -0.15) is 0 Å². The molecule has 1 N–H and O–H groups in total. The molecule has 0 amide bonds. The maximum Gasteiger partial charge on any atom is 0.304 e. The Kier molecular flexibility index (Phi) is 5.44. The number of carbonyl (C=O) groups is 1. The zero-order chi connectivity index (χ0) is 16.5. The van der Waals surface area contributed by atoms with Crippen LogP contribution in [0.1, 0.15) is 27.2 Å². The van der Waals surface area contributed by atoms with Gasteiger partial charge in [-0.15, -0.1) is 0 Å². The lowest BCUT2D eigenvalue weighted by molar-refractivity contribution is -0.138. The third-order valence-electron chi connectivity index (χ3n) is 3.64. The van der Waals surface area contributed by atoms with Gasteiger partial charge in [-0.3, -0.25) is 9.69 Å². The molecule has 1 heterocycles. The van der Waals surface area contributed by atoms with Gasteiger partial charge in [-0.1, -0.05) is 0 Å². The largest absolute Gasteiger partial charge is 0.481 e. The molecule has 0 aromatic heterocycles. The Labute approximate surface area is 126 Å². The van der Waals surface area contributed by atoms with Crippen LogP contribution < -0.4 is 0 Å². The smallest absolute Gasteiger partial charge is 0.304 e. The fourth-order valence-corrected chi connectivity index (χ4v) is 4.83. The maximum absolute atomic E-state index is 12.1. The number of hydrogen-bond acceptors (Lipinski definition) is 6. The number of sulfone groups is 2. The van der Waals surface area contributed by atoms with E-state index in [1.54, 1.807) is 25.7 Å². The molecule has 1 fully saturated rings. The molecule has 0 saturated carbocycles. The van der Waals surface area contributed by atoms with E-state index < -0.39 is 36.4 Å². The Bertz CT molecular complexity index is 588. The number of hydrogen-bond donors (Lipinski definition) is 1. The molecule has 9 heteroatoms. The van der Waals surface area contributed by atoms with Crippen molar-refractivity contribution in [2.45, 2.75) is 38.0 Å². The van der Waals surface area contributed by atoms with Gasteiger partial charge in [0.05, 0.1) is 28.4 Å². The van der Waals surface area contributed by atoms with E-state index in [1.807, 2.05) is 0 Å². The minimum absolute atomic E-state index is 0.0569. The third kappa shape index (κ3) is 5.23. The molecule has 0 aromatic rings. The summed E-state index contributed by atoms with van der Waals surface area (Å²) in [5.41, 5.74) is 0. The van der Waals surface area contributed by atoms with Crippen molar-refractivity contribution in [3.05, 3.63) is 0 Å². The van der Waals surface area contributed by atoms with Gasteiger partial charge in [-0.05, 0) is 20.8 Å². The number of carboxylic acids is 1. The molecule has 124 valence electrons. The van der Waals surface area contributed by atoms with E-state index >= 15 is 0 Å². The zero-order valence-electron chi connectivity index (χ0n) is 12.6. The quantitative estimate of drug-likeness (QED) is 0.736. The van der Waals surface area contributed by atoms with Gasteiger partial charge in [0.25, 0.3) is 0 Å². The van der Waals surface area contributed by atoms with Crippen LogP contribution in [0.5, 0.6) is 0 Å². The van der Waals surface area contributed by atoms with E-state index in [1.165, 1.54) is 0 Å². The molecule has 0 bridgehead atoms. The first-order valence-corrected chi connectivity index (χ1v) is 10.2. The van der Waals surface area contributed by atoms with Crippen molar-refractivity contribution < 1.29 is 26.7 Å². The molecule has 1 saturated heterocycles. The number of nitrogens with zero attached hydrogens (tertiary/aromatic N) is 1. The maximum atomic E-state index is 12.1. The van der Waals surface area contributed by atoms with Gasteiger partial charge < -0.3 is 5.11 Å². The molecule has 1 aliphatic heterocycles. The summed E-state index contributed by atoms with van der Waals surface area (Å²) in [5.74, 6) is -1.47. The van der Waals surface area contributed by atoms with E-state index in [0.717, 1.165) is 0 Å². The molecule has 1 aliphatic rings. The minimum Gasteiger partial charge on any atom is -0.481 e. The predicted molar refractivity (Wildman–Crippen MR) is 79.8 cm³/mol. The number of rotatable bonds is 5. The molecule has 7 nitrogen and oxygen atoms in total. The highest BCUT2D eigenvalue weighted by Crippen LogP contribution is 2.19. The standard InChI is InChI=1S/C12H23NO6S2/c1-12(2,3)21(18,19)7-5-13-4-6-20(16,17)9-10(13)8-11(14)15/h10H,4-9H2,1-3H3,(H,14,15). The van der Waals surface area contributed by atoms with Crippen molar-refractivity contribution in [2.24, 2.45) is 0 Å². The second kappa shape index (κ2) is 6.21. The van der Waals surface area contributed by atoms with Crippen LogP contribution in [0.2, 0.25) is 0 Å². The summed E-state index contributed by atoms with van der Waals surface area (Å²) in [5, 5.41) is 8.87. The second-order valence-electron chi connectivity index (χ2n) is 6.33. The van der Waals surface area contributed by atoms with Crippen LogP contribution in [-0.2, 0) is 24.5 Å². The SMILES string of the molecule is CC(C)(C)S(=O)(=O)CCN1CCS(=O)(=O)CC1CC(=O)O. The molecular formula is C12H23NO6S2. The van der Waals surface area contributed by atoms with E-state index in [-0.39, 0.29) is 36.8 Å². The topological polar surface area (TPSA) is 109 Å². The Balaban J connectivity index is 2.79. The molecule has 0 spiro atoms. The fourth-order valence-electron chi connectivity index (χ4n) is 2.15. The van der Waals surface area contributed by atoms with E-state index in [2.05, 4.69) is 0 Å². The van der Waals surface area contributed by atoms with Gasteiger partial charge in [0.1, 0.15) is 0 Å². The van der Waals surface area contributed by atoms with Crippen LogP contribution in [0.15, 0.2) is 0 Å². The van der Waals surface area contributed by atoms with Gasteiger partial charge in [-0.25, -0.2) is 16.8 Å². The lowest BCUT2D eigenvalue weighted by atomic mass is 10.2. The Hall–Kier alpha value is -0.670. The van der Waals surface area contributed by atoms with E-state index in [0.29, 0.717) is 0 Å². The molecule has 1 unspecified atom stereocenters. The van der Waals surface area contributed by atoms with Crippen LogP contribution in [0.25, 0.3) is 0 Å². The van der Waals surface area contributed by atoms with Crippen molar-refractivity contribution in [1.82, 2.24) is 4.90 Å². The third-order valence-corrected chi connectivity index (χ3v) is 7.93. The summed E-state index contributed by atoms with van der Waals surface area (Å²) in [6.07, 6.45) is -0.297. The number of aliphatic carboxylic acids is 1. The highest BCUT2D eigenvalue weighted by atomic mass is 32.2. The van der Waals surface area contributed by atoms with Crippen molar-refractivity contribution >= 4 is 25.6 Å². The first-order valence-electron chi connectivity index (χ1n) is 6.73. The van der Waals surface area contributed by atoms with Crippen LogP contribution >= 0.6 is 0 Å². The average molecular weight is 341 g/mol. The van der Waals surface area contributed by atoms with Gasteiger partial charge in [0, 0.05) is 19.1 Å². The van der Waals surface area contributed by atoms with Crippen LogP contribution in [0.3, 0.4) is 0 Å². The van der Waals surface area contributed by atoms with Gasteiger partial charge in [0.2, 0.25) is 0 Å². The summed E-state index contributed by atoms with van der Waals surface area (Å²) >= 11 is 0. The monoisotopic (exact) mass is 341 g/mol.